The van der Waals surface area contributed by atoms with E-state index in [-0.39, 0.29) is 0 Å². The molecule has 5 nitrogen and oxygen atoms in total. The normalized spacial score (nSPS) is 15.1. The SMILES string of the molecule is N#CCCN(Cc1cnc(NN)s1)C1CC1. The Morgan fingerprint density at radius 2 is 2.50 bits per heavy atom. The molecule has 16 heavy (non-hydrogen) atoms. The van der Waals surface area contributed by atoms with Crippen LogP contribution in [-0.2, 0) is 6.54 Å². The molecule has 0 spiro atoms. The first-order chi connectivity index (χ1) is 7.83. The summed E-state index contributed by atoms with van der Waals surface area (Å²) >= 11 is 1.57. The number of nitriles is 1. The minimum atomic E-state index is 0.595. The summed E-state index contributed by atoms with van der Waals surface area (Å²) in [5, 5.41) is 9.35. The Balaban J connectivity index is 1.91. The number of anilines is 1. The second-order valence-electron chi connectivity index (χ2n) is 3.89. The third kappa shape index (κ3) is 2.92. The van der Waals surface area contributed by atoms with Crippen molar-refractivity contribution < 1.29 is 0 Å². The Bertz CT molecular complexity index is 379. The molecule has 0 amide bonds. The number of rotatable bonds is 6. The predicted molar refractivity (Wildman–Crippen MR) is 63.6 cm³/mol. The number of nitrogens with one attached hydrogen (secondary N) is 1. The lowest BCUT2D eigenvalue weighted by Gasteiger charge is -2.19. The van der Waals surface area contributed by atoms with Crippen LogP contribution in [0.25, 0.3) is 0 Å². The maximum absolute atomic E-state index is 8.61. The molecule has 1 aromatic rings. The summed E-state index contributed by atoms with van der Waals surface area (Å²) in [6.45, 7) is 1.73. The van der Waals surface area contributed by atoms with Crippen LogP contribution in [0.4, 0.5) is 5.13 Å². The van der Waals surface area contributed by atoms with Crippen LogP contribution in [0.15, 0.2) is 6.20 Å². The summed E-state index contributed by atoms with van der Waals surface area (Å²) in [6, 6.07) is 2.87. The minimum absolute atomic E-state index is 0.595. The van der Waals surface area contributed by atoms with Gasteiger partial charge in [0.2, 0.25) is 0 Å². The lowest BCUT2D eigenvalue weighted by molar-refractivity contribution is 0.263. The molecule has 0 aromatic carbocycles. The lowest BCUT2D eigenvalue weighted by Crippen LogP contribution is -2.26. The second kappa shape index (κ2) is 5.25. The molecule has 2 rings (SSSR count). The van der Waals surface area contributed by atoms with Crippen molar-refractivity contribution in [1.82, 2.24) is 9.88 Å². The fourth-order valence-electron chi connectivity index (χ4n) is 1.67. The first-order valence-electron chi connectivity index (χ1n) is 5.36. The summed E-state index contributed by atoms with van der Waals surface area (Å²) in [7, 11) is 0. The van der Waals surface area contributed by atoms with Gasteiger partial charge in [-0.05, 0) is 12.8 Å². The largest absolute Gasteiger partial charge is 0.300 e. The third-order valence-corrected chi connectivity index (χ3v) is 3.52. The molecule has 0 aliphatic heterocycles. The fourth-order valence-corrected chi connectivity index (χ4v) is 2.42. The van der Waals surface area contributed by atoms with Crippen molar-refractivity contribution in [1.29, 1.82) is 5.26 Å². The van der Waals surface area contributed by atoms with Crippen LogP contribution in [-0.4, -0.2) is 22.5 Å². The van der Waals surface area contributed by atoms with Gasteiger partial charge in [-0.25, -0.2) is 10.8 Å². The molecule has 1 aliphatic rings. The molecule has 0 unspecified atom stereocenters. The highest BCUT2D eigenvalue weighted by Gasteiger charge is 2.28. The van der Waals surface area contributed by atoms with Crippen LogP contribution in [0.5, 0.6) is 0 Å². The summed E-state index contributed by atoms with van der Waals surface area (Å²) in [5.74, 6) is 5.29. The molecule has 0 radical (unpaired) electrons. The molecule has 1 heterocycles. The molecule has 6 heteroatoms. The van der Waals surface area contributed by atoms with Crippen molar-refractivity contribution in [3.63, 3.8) is 0 Å². The lowest BCUT2D eigenvalue weighted by atomic mass is 10.3. The van der Waals surface area contributed by atoms with Crippen LogP contribution in [0, 0.1) is 11.3 Å². The van der Waals surface area contributed by atoms with Gasteiger partial charge in [0, 0.05) is 36.6 Å². The van der Waals surface area contributed by atoms with E-state index in [0.717, 1.165) is 18.2 Å². The van der Waals surface area contributed by atoms with Crippen molar-refractivity contribution in [3.8, 4) is 6.07 Å². The number of nitrogens with two attached hydrogens (primary N) is 1. The van der Waals surface area contributed by atoms with Crippen LogP contribution in [0.3, 0.4) is 0 Å². The van der Waals surface area contributed by atoms with Gasteiger partial charge < -0.3 is 0 Å². The van der Waals surface area contributed by atoms with Gasteiger partial charge in [-0.15, -0.1) is 0 Å². The Kier molecular flexibility index (Phi) is 3.72. The molecule has 1 saturated carbocycles. The Morgan fingerprint density at radius 1 is 1.69 bits per heavy atom. The smallest absolute Gasteiger partial charge is 0.197 e. The Hall–Kier alpha value is -1.16. The molecule has 3 N–H and O–H groups in total. The average Bonchev–Trinajstić information content (AvgIpc) is 3.05. The van der Waals surface area contributed by atoms with Crippen LogP contribution < -0.4 is 11.3 Å². The summed E-state index contributed by atoms with van der Waals surface area (Å²) in [5.41, 5.74) is 2.55. The molecule has 1 fully saturated rings. The molecule has 86 valence electrons. The minimum Gasteiger partial charge on any atom is -0.300 e. The quantitative estimate of drug-likeness (QED) is 0.576. The van der Waals surface area contributed by atoms with Gasteiger partial charge in [0.25, 0.3) is 0 Å². The standard InChI is InChI=1S/C10H15N5S/c11-4-1-5-15(8-2-3-8)7-9-6-13-10(14-12)16-9/h6,8H,1-3,5,7,12H2,(H,13,14). The number of aromatic nitrogens is 1. The van der Waals surface area contributed by atoms with E-state index in [1.165, 1.54) is 17.7 Å². The van der Waals surface area contributed by atoms with E-state index < -0.39 is 0 Å². The average molecular weight is 237 g/mol. The first-order valence-corrected chi connectivity index (χ1v) is 6.17. The third-order valence-electron chi connectivity index (χ3n) is 2.61. The molecule has 1 aromatic heterocycles. The van der Waals surface area contributed by atoms with Crippen molar-refractivity contribution in [2.75, 3.05) is 12.0 Å². The van der Waals surface area contributed by atoms with Crippen LogP contribution in [0.2, 0.25) is 0 Å². The summed E-state index contributed by atoms with van der Waals surface area (Å²) < 4.78 is 0. The molecule has 0 atom stereocenters. The van der Waals surface area contributed by atoms with Gasteiger partial charge in [0.15, 0.2) is 5.13 Å². The molecule has 1 aliphatic carbocycles. The van der Waals surface area contributed by atoms with E-state index in [9.17, 15) is 0 Å². The predicted octanol–water partition coefficient (Wildman–Crippen LogP) is 1.31. The summed E-state index contributed by atoms with van der Waals surface area (Å²) in [6.07, 6.45) is 4.96. The van der Waals surface area contributed by atoms with Gasteiger partial charge in [-0.3, -0.25) is 10.3 Å². The number of thiazole rings is 1. The zero-order valence-electron chi connectivity index (χ0n) is 9.02. The summed E-state index contributed by atoms with van der Waals surface area (Å²) in [4.78, 5) is 7.69. The van der Waals surface area contributed by atoms with E-state index in [1.807, 2.05) is 6.20 Å². The van der Waals surface area contributed by atoms with Gasteiger partial charge in [-0.2, -0.15) is 5.26 Å². The Labute approximate surface area is 98.9 Å². The number of hydrogen-bond acceptors (Lipinski definition) is 6. The molecular formula is C10H15N5S. The maximum atomic E-state index is 8.61. The van der Waals surface area contributed by atoms with Gasteiger partial charge >= 0.3 is 0 Å². The van der Waals surface area contributed by atoms with E-state index in [1.54, 1.807) is 11.3 Å². The van der Waals surface area contributed by atoms with Crippen molar-refractivity contribution in [2.24, 2.45) is 5.84 Å². The number of nitrogens with zero attached hydrogens (tertiary/aromatic N) is 3. The highest BCUT2D eigenvalue weighted by Crippen LogP contribution is 2.29. The number of hydrogen-bond donors (Lipinski definition) is 2. The molecular weight excluding hydrogens is 222 g/mol. The second-order valence-corrected chi connectivity index (χ2v) is 5.00. The zero-order chi connectivity index (χ0) is 11.4. The fraction of sp³-hybridized carbons (Fsp3) is 0.600. The molecule has 0 bridgehead atoms. The number of hydrazine groups is 1. The van der Waals surface area contributed by atoms with Crippen molar-refractivity contribution in [3.05, 3.63) is 11.1 Å². The highest BCUT2D eigenvalue weighted by atomic mass is 32.1. The maximum Gasteiger partial charge on any atom is 0.197 e. The first kappa shape index (κ1) is 11.3. The Morgan fingerprint density at radius 3 is 3.06 bits per heavy atom. The monoisotopic (exact) mass is 237 g/mol. The van der Waals surface area contributed by atoms with Gasteiger partial charge in [-0.1, -0.05) is 11.3 Å². The van der Waals surface area contributed by atoms with E-state index in [2.05, 4.69) is 21.4 Å². The van der Waals surface area contributed by atoms with Gasteiger partial charge in [0.1, 0.15) is 0 Å². The van der Waals surface area contributed by atoms with Crippen molar-refractivity contribution >= 4 is 16.5 Å². The van der Waals surface area contributed by atoms with E-state index >= 15 is 0 Å². The van der Waals surface area contributed by atoms with Crippen LogP contribution >= 0.6 is 11.3 Å². The van der Waals surface area contributed by atoms with Gasteiger partial charge in [0.05, 0.1) is 6.07 Å². The molecule has 0 saturated heterocycles. The van der Waals surface area contributed by atoms with Crippen molar-refractivity contribution in [2.45, 2.75) is 31.8 Å². The van der Waals surface area contributed by atoms with Crippen LogP contribution in [0.1, 0.15) is 24.1 Å². The number of nitrogen functional groups attached to an aromatic ring is 1. The van der Waals surface area contributed by atoms with E-state index in [4.69, 9.17) is 11.1 Å². The van der Waals surface area contributed by atoms with E-state index in [0.29, 0.717) is 12.5 Å². The highest BCUT2D eigenvalue weighted by molar-refractivity contribution is 7.15. The topological polar surface area (TPSA) is 78.0 Å². The zero-order valence-corrected chi connectivity index (χ0v) is 9.83.